The number of rotatable bonds is 3. The molecule has 2 aliphatic rings. The normalized spacial score (nSPS) is 19.0. The maximum absolute atomic E-state index is 12.8. The third-order valence-corrected chi connectivity index (χ3v) is 7.07. The average molecular weight is 408 g/mol. The smallest absolute Gasteiger partial charge is 0.268 e. The van der Waals surface area contributed by atoms with Gasteiger partial charge in [-0.25, -0.2) is 9.97 Å². The molecule has 9 heteroatoms. The van der Waals surface area contributed by atoms with Crippen LogP contribution in [0.15, 0.2) is 33.0 Å². The number of aromatic nitrogens is 3. The molecule has 144 valence electrons. The number of nitrogens with zero attached hydrogens (tertiary/aromatic N) is 4. The zero-order valence-electron chi connectivity index (χ0n) is 15.2. The van der Waals surface area contributed by atoms with Crippen LogP contribution in [-0.2, 0) is 11.8 Å². The predicted molar refractivity (Wildman–Crippen MR) is 107 cm³/mol. The minimum absolute atomic E-state index is 0.0964. The average Bonchev–Trinajstić information content (AvgIpc) is 3.12. The molecule has 1 spiro atoms. The highest BCUT2D eigenvalue weighted by Gasteiger charge is 2.38. The molecule has 0 aromatic carbocycles. The summed E-state index contributed by atoms with van der Waals surface area (Å²) in [4.78, 5) is 24.8. The van der Waals surface area contributed by atoms with Crippen LogP contribution in [0.1, 0.15) is 19.3 Å². The van der Waals surface area contributed by atoms with Gasteiger partial charge in [0.2, 0.25) is 5.95 Å². The Labute approximate surface area is 166 Å². The van der Waals surface area contributed by atoms with E-state index in [9.17, 15) is 4.79 Å². The van der Waals surface area contributed by atoms with Crippen molar-refractivity contribution in [3.63, 3.8) is 0 Å². The topological polar surface area (TPSA) is 86.3 Å². The molecule has 2 aromatic rings. The second-order valence-corrected chi connectivity index (χ2v) is 8.65. The number of halogens is 1. The predicted octanol–water partition coefficient (Wildman–Crippen LogP) is 2.57. The van der Waals surface area contributed by atoms with E-state index in [2.05, 4.69) is 14.9 Å². The van der Waals surface area contributed by atoms with E-state index in [1.807, 2.05) is 0 Å². The largest absolute Gasteiger partial charge is 0.382 e. The van der Waals surface area contributed by atoms with E-state index >= 15 is 0 Å². The van der Waals surface area contributed by atoms with Crippen LogP contribution in [0.4, 0.5) is 11.8 Å². The van der Waals surface area contributed by atoms with Gasteiger partial charge in [0.25, 0.3) is 5.56 Å². The quantitative estimate of drug-likeness (QED) is 0.836. The Bertz CT molecular complexity index is 903. The van der Waals surface area contributed by atoms with E-state index in [1.165, 1.54) is 11.8 Å². The van der Waals surface area contributed by atoms with Crippen LogP contribution in [0, 0.1) is 5.41 Å². The summed E-state index contributed by atoms with van der Waals surface area (Å²) < 4.78 is 7.21. The molecular formula is C18H22ClN5O2S. The van der Waals surface area contributed by atoms with Crippen molar-refractivity contribution >= 4 is 35.1 Å². The van der Waals surface area contributed by atoms with Gasteiger partial charge in [-0.15, -0.1) is 0 Å². The number of piperidine rings is 1. The lowest BCUT2D eigenvalue weighted by Crippen LogP contribution is -2.43. The van der Waals surface area contributed by atoms with E-state index in [4.69, 9.17) is 22.1 Å². The molecule has 7 nitrogen and oxygen atoms in total. The highest BCUT2D eigenvalue weighted by Crippen LogP contribution is 2.40. The molecule has 2 fully saturated rings. The van der Waals surface area contributed by atoms with Crippen LogP contribution in [0.25, 0.3) is 0 Å². The molecule has 4 rings (SSSR count). The first-order valence-electron chi connectivity index (χ1n) is 8.96. The minimum atomic E-state index is -0.0964. The Morgan fingerprint density at radius 2 is 2.04 bits per heavy atom. The van der Waals surface area contributed by atoms with Gasteiger partial charge in [0.15, 0.2) is 0 Å². The summed E-state index contributed by atoms with van der Waals surface area (Å²) in [6.45, 7) is 3.51. The van der Waals surface area contributed by atoms with E-state index in [-0.39, 0.29) is 11.4 Å². The molecular weight excluding hydrogens is 386 g/mol. The first-order valence-corrected chi connectivity index (χ1v) is 10.2. The van der Waals surface area contributed by atoms with Crippen LogP contribution in [-0.4, -0.2) is 40.8 Å². The maximum atomic E-state index is 12.8. The molecule has 2 saturated heterocycles. The fraction of sp³-hybridized carbons (Fsp3) is 0.500. The molecule has 0 radical (unpaired) electrons. The second kappa shape index (κ2) is 7.33. The van der Waals surface area contributed by atoms with Gasteiger partial charge in [0, 0.05) is 37.8 Å². The SMILES string of the molecule is Cn1c(N2CCC3(CCOC3)CC2)ncc(Sc2ccnc(N)c2Cl)c1=O. The summed E-state index contributed by atoms with van der Waals surface area (Å²) in [7, 11) is 1.76. The summed E-state index contributed by atoms with van der Waals surface area (Å²) in [5.74, 6) is 0.958. The van der Waals surface area contributed by atoms with Crippen LogP contribution in [0.2, 0.25) is 5.02 Å². The van der Waals surface area contributed by atoms with Crippen molar-refractivity contribution in [1.29, 1.82) is 0 Å². The monoisotopic (exact) mass is 407 g/mol. The molecule has 2 aromatic heterocycles. The molecule has 0 bridgehead atoms. The fourth-order valence-corrected chi connectivity index (χ4v) is 4.86. The van der Waals surface area contributed by atoms with Gasteiger partial charge in [-0.1, -0.05) is 23.4 Å². The van der Waals surface area contributed by atoms with Gasteiger partial charge < -0.3 is 15.4 Å². The first-order chi connectivity index (χ1) is 13.0. The lowest BCUT2D eigenvalue weighted by molar-refractivity contribution is 0.133. The zero-order valence-corrected chi connectivity index (χ0v) is 16.7. The van der Waals surface area contributed by atoms with Crippen LogP contribution in [0.5, 0.6) is 0 Å². The summed E-state index contributed by atoms with van der Waals surface area (Å²) in [5, 5.41) is 0.355. The number of anilines is 2. The first kappa shape index (κ1) is 18.6. The Kier molecular flexibility index (Phi) is 5.05. The number of nitrogen functional groups attached to an aromatic ring is 1. The standard InChI is InChI=1S/C18H22ClN5O2S/c1-23-16(25)13(27-12-2-6-21-15(20)14(12)19)10-22-17(23)24-7-3-18(4-8-24)5-9-26-11-18/h2,6,10H,3-5,7-9,11H2,1H3,(H2,20,21). The summed E-state index contributed by atoms with van der Waals surface area (Å²) in [5.41, 5.74) is 5.97. The van der Waals surface area contributed by atoms with Crippen molar-refractivity contribution in [3.8, 4) is 0 Å². The molecule has 27 heavy (non-hydrogen) atoms. The number of hydrogen-bond acceptors (Lipinski definition) is 7. The van der Waals surface area contributed by atoms with Gasteiger partial charge in [0.05, 0.1) is 22.7 Å². The van der Waals surface area contributed by atoms with Crippen molar-refractivity contribution in [2.45, 2.75) is 29.1 Å². The molecule has 2 N–H and O–H groups in total. The van der Waals surface area contributed by atoms with Gasteiger partial charge in [0.1, 0.15) is 5.82 Å². The number of pyridine rings is 1. The van der Waals surface area contributed by atoms with Crippen molar-refractivity contribution in [2.75, 3.05) is 36.9 Å². The molecule has 0 atom stereocenters. The Hall–Kier alpha value is -1.77. The molecule has 4 heterocycles. The molecule has 0 amide bonds. The van der Waals surface area contributed by atoms with E-state index in [0.717, 1.165) is 45.6 Å². The Balaban J connectivity index is 1.54. The number of hydrogen-bond donors (Lipinski definition) is 1. The van der Waals surface area contributed by atoms with Crippen molar-refractivity contribution in [2.24, 2.45) is 12.5 Å². The second-order valence-electron chi connectivity index (χ2n) is 7.19. The van der Waals surface area contributed by atoms with Crippen LogP contribution < -0.4 is 16.2 Å². The Morgan fingerprint density at radius 3 is 2.74 bits per heavy atom. The maximum Gasteiger partial charge on any atom is 0.268 e. The molecule has 0 unspecified atom stereocenters. The van der Waals surface area contributed by atoms with Crippen molar-refractivity contribution in [1.82, 2.24) is 14.5 Å². The van der Waals surface area contributed by atoms with Crippen LogP contribution in [0.3, 0.4) is 0 Å². The van der Waals surface area contributed by atoms with E-state index in [0.29, 0.717) is 26.2 Å². The lowest BCUT2D eigenvalue weighted by Gasteiger charge is -2.39. The third kappa shape index (κ3) is 3.53. The number of nitrogens with two attached hydrogens (primary N) is 1. The highest BCUT2D eigenvalue weighted by atomic mass is 35.5. The Morgan fingerprint density at radius 1 is 1.26 bits per heavy atom. The van der Waals surface area contributed by atoms with Gasteiger partial charge in [-0.3, -0.25) is 9.36 Å². The minimum Gasteiger partial charge on any atom is -0.382 e. The molecule has 0 aliphatic carbocycles. The fourth-order valence-electron chi connectivity index (χ4n) is 3.74. The number of ether oxygens (including phenoxy) is 1. The van der Waals surface area contributed by atoms with Crippen molar-refractivity contribution < 1.29 is 4.74 Å². The third-order valence-electron chi connectivity index (χ3n) is 5.51. The van der Waals surface area contributed by atoms with E-state index in [1.54, 1.807) is 30.1 Å². The molecule has 2 aliphatic heterocycles. The summed E-state index contributed by atoms with van der Waals surface area (Å²) in [6.07, 6.45) is 6.49. The highest BCUT2D eigenvalue weighted by molar-refractivity contribution is 7.99. The van der Waals surface area contributed by atoms with Gasteiger partial charge in [-0.05, 0) is 30.7 Å². The zero-order chi connectivity index (χ0) is 19.0. The molecule has 0 saturated carbocycles. The summed E-state index contributed by atoms with van der Waals surface area (Å²) >= 11 is 7.45. The summed E-state index contributed by atoms with van der Waals surface area (Å²) in [6, 6.07) is 1.74. The van der Waals surface area contributed by atoms with Crippen molar-refractivity contribution in [3.05, 3.63) is 33.8 Å². The van der Waals surface area contributed by atoms with Gasteiger partial charge in [-0.2, -0.15) is 0 Å². The van der Waals surface area contributed by atoms with Gasteiger partial charge >= 0.3 is 0 Å². The van der Waals surface area contributed by atoms with E-state index < -0.39 is 0 Å². The van der Waals surface area contributed by atoms with Crippen LogP contribution >= 0.6 is 23.4 Å². The lowest BCUT2D eigenvalue weighted by atomic mass is 9.78.